The lowest BCUT2D eigenvalue weighted by Crippen LogP contribution is -2.57. The van der Waals surface area contributed by atoms with E-state index >= 15 is 0 Å². The monoisotopic (exact) mass is 488 g/mol. The molecule has 35 heavy (non-hydrogen) atoms. The van der Waals surface area contributed by atoms with Crippen molar-refractivity contribution in [3.8, 4) is 5.75 Å². The highest BCUT2D eigenvalue weighted by Gasteiger charge is 2.29. The first-order chi connectivity index (χ1) is 16.5. The van der Waals surface area contributed by atoms with Gasteiger partial charge >= 0.3 is 5.97 Å². The number of nitrogens with zero attached hydrogens (tertiary/aromatic N) is 1. The van der Waals surface area contributed by atoms with Gasteiger partial charge in [-0.3, -0.25) is 19.2 Å². The normalized spacial score (nSPS) is 13.5. The molecule has 0 radical (unpaired) electrons. The minimum Gasteiger partial charge on any atom is -0.508 e. The number of nitrogens with one attached hydrogen (secondary N) is 4. The number of aromatic hydroxyl groups is 1. The van der Waals surface area contributed by atoms with Crippen LogP contribution in [0.5, 0.6) is 5.75 Å². The SMILES string of the molecule is CC(C)CC(NC(=O)C(N)Cc1ccc(O)cc1)C(=O)NC(Cc1cnc[nH]1)C(=O)NCC(=O)O. The Hall–Kier alpha value is -3.93. The number of hydrogen-bond donors (Lipinski definition) is 7. The van der Waals surface area contributed by atoms with E-state index in [0.29, 0.717) is 5.69 Å². The number of aromatic nitrogens is 2. The van der Waals surface area contributed by atoms with Crippen LogP contribution in [0, 0.1) is 5.92 Å². The maximum Gasteiger partial charge on any atom is 0.322 e. The first kappa shape index (κ1) is 27.3. The van der Waals surface area contributed by atoms with Gasteiger partial charge in [-0.05, 0) is 36.5 Å². The van der Waals surface area contributed by atoms with Gasteiger partial charge in [0.05, 0.1) is 12.4 Å². The largest absolute Gasteiger partial charge is 0.508 e. The van der Waals surface area contributed by atoms with Crippen LogP contribution in [0.4, 0.5) is 0 Å². The summed E-state index contributed by atoms with van der Waals surface area (Å²) in [4.78, 5) is 56.0. The van der Waals surface area contributed by atoms with Crippen LogP contribution in [0.25, 0.3) is 0 Å². The fraction of sp³-hybridized carbons (Fsp3) is 0.435. The highest BCUT2D eigenvalue weighted by atomic mass is 16.4. The number of carbonyl (C=O) groups excluding carboxylic acids is 3. The molecule has 3 atom stereocenters. The van der Waals surface area contributed by atoms with Crippen LogP contribution in [0.3, 0.4) is 0 Å². The summed E-state index contributed by atoms with van der Waals surface area (Å²) in [6.07, 6.45) is 3.43. The van der Waals surface area contributed by atoms with Gasteiger partial charge in [-0.1, -0.05) is 26.0 Å². The molecule has 190 valence electrons. The fourth-order valence-electron chi connectivity index (χ4n) is 3.34. The molecule has 0 spiro atoms. The van der Waals surface area contributed by atoms with Gasteiger partial charge in [-0.2, -0.15) is 0 Å². The lowest BCUT2D eigenvalue weighted by atomic mass is 10.0. The minimum absolute atomic E-state index is 0.0336. The molecule has 0 aliphatic rings. The second-order valence-corrected chi connectivity index (χ2v) is 8.62. The molecule has 0 aliphatic heterocycles. The van der Waals surface area contributed by atoms with Crippen LogP contribution in [-0.4, -0.2) is 68.5 Å². The highest BCUT2D eigenvalue weighted by Crippen LogP contribution is 2.12. The maximum atomic E-state index is 13.1. The zero-order valence-electron chi connectivity index (χ0n) is 19.7. The predicted octanol–water partition coefficient (Wildman–Crippen LogP) is -0.556. The molecule has 0 bridgehead atoms. The summed E-state index contributed by atoms with van der Waals surface area (Å²) in [5.74, 6) is -2.92. The van der Waals surface area contributed by atoms with E-state index in [4.69, 9.17) is 10.8 Å². The van der Waals surface area contributed by atoms with Crippen molar-refractivity contribution in [3.63, 3.8) is 0 Å². The molecule has 0 aliphatic carbocycles. The average Bonchev–Trinajstić information content (AvgIpc) is 3.30. The number of amides is 3. The van der Waals surface area contributed by atoms with Crippen LogP contribution in [0.15, 0.2) is 36.8 Å². The van der Waals surface area contributed by atoms with Gasteiger partial charge in [0, 0.05) is 18.3 Å². The summed E-state index contributed by atoms with van der Waals surface area (Å²) in [7, 11) is 0. The van der Waals surface area contributed by atoms with Crippen LogP contribution in [0.2, 0.25) is 0 Å². The number of nitrogens with two attached hydrogens (primary N) is 1. The molecular formula is C23H32N6O6. The van der Waals surface area contributed by atoms with E-state index in [1.165, 1.54) is 24.7 Å². The van der Waals surface area contributed by atoms with E-state index in [2.05, 4.69) is 25.9 Å². The Labute approximate surface area is 202 Å². The van der Waals surface area contributed by atoms with E-state index in [-0.39, 0.29) is 30.9 Å². The lowest BCUT2D eigenvalue weighted by molar-refractivity contribution is -0.138. The molecule has 1 heterocycles. The summed E-state index contributed by atoms with van der Waals surface area (Å²) in [5, 5.41) is 25.8. The van der Waals surface area contributed by atoms with Crippen molar-refractivity contribution < 1.29 is 29.4 Å². The Balaban J connectivity index is 2.09. The topological polar surface area (TPSA) is 200 Å². The molecule has 12 nitrogen and oxygen atoms in total. The van der Waals surface area contributed by atoms with E-state index in [0.717, 1.165) is 5.56 Å². The summed E-state index contributed by atoms with van der Waals surface area (Å²) in [6, 6.07) is 3.27. The summed E-state index contributed by atoms with van der Waals surface area (Å²) in [6.45, 7) is 3.15. The highest BCUT2D eigenvalue weighted by molar-refractivity contribution is 5.93. The van der Waals surface area contributed by atoms with Crippen molar-refractivity contribution in [2.75, 3.05) is 6.54 Å². The van der Waals surface area contributed by atoms with Gasteiger partial charge in [0.15, 0.2) is 0 Å². The first-order valence-electron chi connectivity index (χ1n) is 11.2. The molecular weight excluding hydrogens is 456 g/mol. The van der Waals surface area contributed by atoms with E-state index < -0.39 is 48.4 Å². The number of hydrogen-bond acceptors (Lipinski definition) is 7. The quantitative estimate of drug-likeness (QED) is 0.194. The number of benzene rings is 1. The molecule has 1 aromatic carbocycles. The third-order valence-corrected chi connectivity index (χ3v) is 5.09. The summed E-state index contributed by atoms with van der Waals surface area (Å²) < 4.78 is 0. The number of phenols is 1. The molecule has 2 rings (SSSR count). The van der Waals surface area contributed by atoms with Gasteiger partial charge in [0.25, 0.3) is 0 Å². The Morgan fingerprint density at radius 3 is 2.23 bits per heavy atom. The van der Waals surface area contributed by atoms with Crippen molar-refractivity contribution in [2.45, 2.75) is 51.2 Å². The number of imidazole rings is 1. The van der Waals surface area contributed by atoms with Gasteiger partial charge in [0.2, 0.25) is 17.7 Å². The van der Waals surface area contributed by atoms with Crippen molar-refractivity contribution in [2.24, 2.45) is 11.7 Å². The maximum absolute atomic E-state index is 13.1. The van der Waals surface area contributed by atoms with Crippen LogP contribution >= 0.6 is 0 Å². The average molecular weight is 489 g/mol. The van der Waals surface area contributed by atoms with E-state index in [1.807, 2.05) is 13.8 Å². The van der Waals surface area contributed by atoms with Crippen LogP contribution < -0.4 is 21.7 Å². The Kier molecular flexibility index (Phi) is 10.2. The van der Waals surface area contributed by atoms with Gasteiger partial charge in [-0.25, -0.2) is 4.98 Å². The first-order valence-corrected chi connectivity index (χ1v) is 11.2. The number of carboxylic acid groups (broad SMARTS) is 1. The Morgan fingerprint density at radius 2 is 1.66 bits per heavy atom. The molecule has 0 saturated carbocycles. The van der Waals surface area contributed by atoms with E-state index in [9.17, 15) is 24.3 Å². The number of carboxylic acids is 1. The summed E-state index contributed by atoms with van der Waals surface area (Å²) in [5.41, 5.74) is 7.33. The summed E-state index contributed by atoms with van der Waals surface area (Å²) >= 11 is 0. The van der Waals surface area contributed by atoms with Crippen molar-refractivity contribution >= 4 is 23.7 Å². The molecule has 2 aromatic rings. The van der Waals surface area contributed by atoms with Crippen LogP contribution in [-0.2, 0) is 32.0 Å². The van der Waals surface area contributed by atoms with Gasteiger partial charge in [0.1, 0.15) is 24.4 Å². The lowest BCUT2D eigenvalue weighted by Gasteiger charge is -2.25. The minimum atomic E-state index is -1.22. The van der Waals surface area contributed by atoms with Crippen molar-refractivity contribution in [1.82, 2.24) is 25.9 Å². The molecule has 0 fully saturated rings. The standard InChI is InChI=1S/C23H32N6O6/c1-13(2)7-18(28-21(33)17(24)8-14-3-5-16(30)6-4-14)23(35)29-19(9-15-10-25-12-27-15)22(34)26-11-20(31)32/h3-6,10,12-13,17-19,30H,7-9,11,24H2,1-2H3,(H,25,27)(H,26,34)(H,28,33)(H,29,35)(H,31,32). The van der Waals surface area contributed by atoms with Crippen LogP contribution in [0.1, 0.15) is 31.5 Å². The molecule has 3 unspecified atom stereocenters. The van der Waals surface area contributed by atoms with Gasteiger partial charge in [-0.15, -0.1) is 0 Å². The zero-order chi connectivity index (χ0) is 26.0. The second kappa shape index (κ2) is 13.1. The van der Waals surface area contributed by atoms with Crippen molar-refractivity contribution in [3.05, 3.63) is 48.0 Å². The number of phenolic OH excluding ortho intramolecular Hbond substituents is 1. The molecule has 8 N–H and O–H groups in total. The second-order valence-electron chi connectivity index (χ2n) is 8.62. The van der Waals surface area contributed by atoms with E-state index in [1.54, 1.807) is 12.1 Å². The Bertz CT molecular complexity index is 992. The third-order valence-electron chi connectivity index (χ3n) is 5.09. The number of rotatable bonds is 13. The van der Waals surface area contributed by atoms with Crippen molar-refractivity contribution in [1.29, 1.82) is 0 Å². The predicted molar refractivity (Wildman–Crippen MR) is 126 cm³/mol. The number of aromatic amines is 1. The third kappa shape index (κ3) is 9.45. The Morgan fingerprint density at radius 1 is 1.00 bits per heavy atom. The fourth-order valence-corrected chi connectivity index (χ4v) is 3.34. The number of aliphatic carboxylic acids is 1. The molecule has 1 aromatic heterocycles. The molecule has 12 heteroatoms. The number of H-pyrrole nitrogens is 1. The molecule has 0 saturated heterocycles. The van der Waals surface area contributed by atoms with Gasteiger partial charge < -0.3 is 36.9 Å². The molecule has 3 amide bonds. The smallest absolute Gasteiger partial charge is 0.322 e. The zero-order valence-corrected chi connectivity index (χ0v) is 19.7. The number of carbonyl (C=O) groups is 4.